The number of rotatable bonds is 4. The average molecular weight is 462 g/mol. The van der Waals surface area contributed by atoms with Crippen molar-refractivity contribution in [3.05, 3.63) is 57.9 Å². The van der Waals surface area contributed by atoms with Gasteiger partial charge in [0.15, 0.2) is 11.5 Å². The predicted molar refractivity (Wildman–Crippen MR) is 116 cm³/mol. The molecule has 0 bridgehead atoms. The molecule has 2 aromatic heterocycles. The monoisotopic (exact) mass is 462 g/mol. The van der Waals surface area contributed by atoms with Gasteiger partial charge in [-0.05, 0) is 38.0 Å². The van der Waals surface area contributed by atoms with Crippen molar-refractivity contribution < 1.29 is 27.4 Å². The van der Waals surface area contributed by atoms with Gasteiger partial charge in [0.25, 0.3) is 0 Å². The van der Waals surface area contributed by atoms with Crippen LogP contribution in [-0.4, -0.2) is 53.5 Å². The Kier molecular flexibility index (Phi) is 6.04. The zero-order valence-electron chi connectivity index (χ0n) is 18.9. The van der Waals surface area contributed by atoms with Crippen molar-refractivity contribution in [2.24, 2.45) is 0 Å². The molecular weight excluding hydrogens is 437 g/mol. The van der Waals surface area contributed by atoms with E-state index in [4.69, 9.17) is 14.6 Å². The lowest BCUT2D eigenvalue weighted by Crippen LogP contribution is -2.41. The number of hydrogen-bond donors (Lipinski definition) is 0. The van der Waals surface area contributed by atoms with Gasteiger partial charge in [0.05, 0.1) is 36.8 Å². The SMILES string of the molecule is COC(=O)c1cc(N2CCOC(C)C2)nn2c(Cc3cccc(C(F)(F)F)c3C)c(C)nc12. The number of ether oxygens (including phenoxy) is 2. The van der Waals surface area contributed by atoms with E-state index in [-0.39, 0.29) is 23.7 Å². The second kappa shape index (κ2) is 8.66. The van der Waals surface area contributed by atoms with Gasteiger partial charge in [0, 0.05) is 25.6 Å². The quantitative estimate of drug-likeness (QED) is 0.547. The highest BCUT2D eigenvalue weighted by Gasteiger charge is 2.33. The van der Waals surface area contributed by atoms with E-state index in [1.807, 2.05) is 11.8 Å². The number of nitrogens with zero attached hydrogens (tertiary/aromatic N) is 4. The Labute approximate surface area is 189 Å². The van der Waals surface area contributed by atoms with Crippen LogP contribution in [0.1, 0.15) is 45.4 Å². The normalized spacial score (nSPS) is 16.9. The van der Waals surface area contributed by atoms with Crippen LogP contribution < -0.4 is 4.90 Å². The minimum Gasteiger partial charge on any atom is -0.465 e. The van der Waals surface area contributed by atoms with Crippen molar-refractivity contribution in [1.29, 1.82) is 0 Å². The van der Waals surface area contributed by atoms with Crippen LogP contribution in [0.2, 0.25) is 0 Å². The molecule has 1 saturated heterocycles. The summed E-state index contributed by atoms with van der Waals surface area (Å²) in [6, 6.07) is 5.78. The largest absolute Gasteiger partial charge is 0.465 e. The second-order valence-corrected chi connectivity index (χ2v) is 8.18. The molecule has 0 saturated carbocycles. The molecular formula is C23H25F3N4O3. The summed E-state index contributed by atoms with van der Waals surface area (Å²) < 4.78 is 52.4. The lowest BCUT2D eigenvalue weighted by molar-refractivity contribution is -0.138. The third kappa shape index (κ3) is 4.39. The number of imidazole rings is 1. The van der Waals surface area contributed by atoms with Crippen molar-refractivity contribution >= 4 is 17.4 Å². The number of benzene rings is 1. The number of methoxy groups -OCH3 is 1. The highest BCUT2D eigenvalue weighted by atomic mass is 19.4. The maximum atomic E-state index is 13.4. The van der Waals surface area contributed by atoms with Gasteiger partial charge >= 0.3 is 12.1 Å². The van der Waals surface area contributed by atoms with Crippen LogP contribution in [0.15, 0.2) is 24.3 Å². The molecule has 1 aliphatic rings. The maximum Gasteiger partial charge on any atom is 0.416 e. The molecule has 3 heterocycles. The molecule has 4 rings (SSSR count). The predicted octanol–water partition coefficient (Wildman–Crippen LogP) is 3.97. The van der Waals surface area contributed by atoms with Crippen LogP contribution >= 0.6 is 0 Å². The zero-order chi connectivity index (χ0) is 23.9. The number of fused-ring (bicyclic) bond motifs is 1. The standard InChI is InChI=1S/C23H25F3N4O3/c1-13-12-29(8-9-33-13)20-11-17(22(31)32-4)21-27-15(3)19(30(21)28-20)10-16-6-5-7-18(14(16)2)23(24,25)26/h5-7,11,13H,8-10,12H2,1-4H3. The van der Waals surface area contributed by atoms with Gasteiger partial charge < -0.3 is 14.4 Å². The first-order chi connectivity index (χ1) is 15.6. The van der Waals surface area contributed by atoms with Crippen molar-refractivity contribution in [3.8, 4) is 0 Å². The summed E-state index contributed by atoms with van der Waals surface area (Å²) in [6.07, 6.45) is -4.26. The number of anilines is 1. The summed E-state index contributed by atoms with van der Waals surface area (Å²) in [4.78, 5) is 19.1. The first-order valence-electron chi connectivity index (χ1n) is 10.6. The van der Waals surface area contributed by atoms with Crippen LogP contribution in [0.3, 0.4) is 0 Å². The van der Waals surface area contributed by atoms with Gasteiger partial charge in [-0.3, -0.25) is 0 Å². The number of carbonyl (C=O) groups is 1. The van der Waals surface area contributed by atoms with Crippen LogP contribution in [0.5, 0.6) is 0 Å². The fourth-order valence-electron chi connectivity index (χ4n) is 4.17. The van der Waals surface area contributed by atoms with Gasteiger partial charge in [-0.15, -0.1) is 5.10 Å². The first-order valence-corrected chi connectivity index (χ1v) is 10.6. The maximum absolute atomic E-state index is 13.4. The minimum absolute atomic E-state index is 0.00502. The zero-order valence-corrected chi connectivity index (χ0v) is 18.9. The van der Waals surface area contributed by atoms with E-state index < -0.39 is 17.7 Å². The number of morpholine rings is 1. The number of alkyl halides is 3. The summed E-state index contributed by atoms with van der Waals surface area (Å²) in [5.41, 5.74) is 1.75. The molecule has 0 radical (unpaired) electrons. The topological polar surface area (TPSA) is 69.0 Å². The first kappa shape index (κ1) is 23.0. The molecule has 1 aromatic carbocycles. The Morgan fingerprint density at radius 1 is 1.30 bits per heavy atom. The Bertz CT molecular complexity index is 1210. The fourth-order valence-corrected chi connectivity index (χ4v) is 4.17. The smallest absolute Gasteiger partial charge is 0.416 e. The molecule has 0 N–H and O–H groups in total. The number of carbonyl (C=O) groups excluding carboxylic acids is 1. The lowest BCUT2D eigenvalue weighted by atomic mass is 9.98. The van der Waals surface area contributed by atoms with Gasteiger partial charge in [-0.2, -0.15) is 13.2 Å². The molecule has 1 unspecified atom stereocenters. The van der Waals surface area contributed by atoms with Crippen molar-refractivity contribution in [3.63, 3.8) is 0 Å². The minimum atomic E-state index is -4.44. The number of aromatic nitrogens is 3. The Morgan fingerprint density at radius 3 is 2.73 bits per heavy atom. The molecule has 1 aliphatic heterocycles. The number of aryl methyl sites for hydroxylation is 1. The average Bonchev–Trinajstić information content (AvgIpc) is 3.08. The van der Waals surface area contributed by atoms with Gasteiger partial charge in [-0.1, -0.05) is 12.1 Å². The summed E-state index contributed by atoms with van der Waals surface area (Å²) in [5, 5.41) is 4.72. The summed E-state index contributed by atoms with van der Waals surface area (Å²) in [5.74, 6) is -0.00535. The molecule has 176 valence electrons. The molecule has 33 heavy (non-hydrogen) atoms. The van der Waals surface area contributed by atoms with Crippen molar-refractivity contribution in [1.82, 2.24) is 14.6 Å². The highest BCUT2D eigenvalue weighted by molar-refractivity contribution is 5.96. The van der Waals surface area contributed by atoms with Gasteiger partial charge in [-0.25, -0.2) is 14.3 Å². The molecule has 0 aliphatic carbocycles. The van der Waals surface area contributed by atoms with Crippen LogP contribution in [0.4, 0.5) is 19.0 Å². The van der Waals surface area contributed by atoms with Gasteiger partial charge in [0.2, 0.25) is 0 Å². The van der Waals surface area contributed by atoms with Gasteiger partial charge in [0.1, 0.15) is 5.56 Å². The Morgan fingerprint density at radius 2 is 2.06 bits per heavy atom. The molecule has 0 amide bonds. The van der Waals surface area contributed by atoms with Crippen LogP contribution in [-0.2, 0) is 22.1 Å². The van der Waals surface area contributed by atoms with Crippen LogP contribution in [0, 0.1) is 13.8 Å². The van der Waals surface area contributed by atoms with E-state index >= 15 is 0 Å². The van der Waals surface area contributed by atoms with E-state index in [9.17, 15) is 18.0 Å². The molecule has 0 spiro atoms. The lowest BCUT2D eigenvalue weighted by Gasteiger charge is -2.32. The fraction of sp³-hybridized carbons (Fsp3) is 0.435. The van der Waals surface area contributed by atoms with Crippen LogP contribution in [0.25, 0.3) is 5.65 Å². The summed E-state index contributed by atoms with van der Waals surface area (Å²) in [7, 11) is 1.29. The highest BCUT2D eigenvalue weighted by Crippen LogP contribution is 2.34. The Balaban J connectivity index is 1.85. The van der Waals surface area contributed by atoms with Crippen molar-refractivity contribution in [2.45, 2.75) is 39.5 Å². The second-order valence-electron chi connectivity index (χ2n) is 8.18. The molecule has 7 nitrogen and oxygen atoms in total. The Hall–Kier alpha value is -3.14. The number of halogens is 3. The molecule has 1 atom stereocenters. The third-order valence-corrected chi connectivity index (χ3v) is 5.94. The van der Waals surface area contributed by atoms with E-state index in [2.05, 4.69) is 4.98 Å². The van der Waals surface area contributed by atoms with E-state index in [1.54, 1.807) is 23.6 Å². The van der Waals surface area contributed by atoms with E-state index in [1.165, 1.54) is 20.1 Å². The summed E-state index contributed by atoms with van der Waals surface area (Å²) >= 11 is 0. The third-order valence-electron chi connectivity index (χ3n) is 5.94. The summed E-state index contributed by atoms with van der Waals surface area (Å²) in [6.45, 7) is 6.88. The number of esters is 1. The number of hydrogen-bond acceptors (Lipinski definition) is 6. The van der Waals surface area contributed by atoms with E-state index in [0.29, 0.717) is 48.1 Å². The molecule has 10 heteroatoms. The molecule has 3 aromatic rings. The van der Waals surface area contributed by atoms with E-state index in [0.717, 1.165) is 6.07 Å². The molecule has 1 fully saturated rings. The van der Waals surface area contributed by atoms with Crippen molar-refractivity contribution in [2.75, 3.05) is 31.7 Å².